The van der Waals surface area contributed by atoms with Gasteiger partial charge in [-0.15, -0.1) is 0 Å². The van der Waals surface area contributed by atoms with Gasteiger partial charge in [0, 0.05) is 12.3 Å². The lowest BCUT2D eigenvalue weighted by atomic mass is 9.44. The molecule has 6 saturated heterocycles. The van der Waals surface area contributed by atoms with Gasteiger partial charge >= 0.3 is 0 Å². The fraction of sp³-hybridized carbons (Fsp3) is 1.00. The van der Waals surface area contributed by atoms with Crippen LogP contribution in [0.25, 0.3) is 0 Å². The summed E-state index contributed by atoms with van der Waals surface area (Å²) in [6.07, 6.45) is -36.2. The number of hydrogen-bond acceptors (Lipinski definition) is 29. The number of aliphatic hydroxyl groups excluding tert-OH is 17. The standard InChI is InChI=1S/C57H96O29/c1-21(20-76-50-43(71)39(67)35(63)29(15-58)78-50)7-12-57(75)22(2)34-28(86-57)14-27-25-6-5-23-13-24(8-10-55(23,3)26(25)9-11-56(27,34)4)77-51-46(74)42(70)47(33(19-62)82-51)83-54-49(85-53-45(73)41(69)37(65)31(17-60)80-53)48(38(66)32(18-61)81-54)84-52-44(72)40(68)36(64)30(16-59)79-52/h21-54,58-75H,5-20H2,1-4H3/t21-,22-,23+,24-,25+,26-,27-,28-,29+,30+,31+,32+,33+,34-,35+,36+,37+,38+,39-,40-,41-,42+,43+,44+,45+,46+,47-,48-,49+,50+,51+,52-,53-,54-,55-,56-,57+/m0/s1. The van der Waals surface area contributed by atoms with Crippen molar-refractivity contribution in [3.63, 3.8) is 0 Å². The van der Waals surface area contributed by atoms with Gasteiger partial charge in [0.25, 0.3) is 0 Å². The molecular weight excluding hydrogens is 1150 g/mol. The van der Waals surface area contributed by atoms with Gasteiger partial charge in [0.05, 0.1) is 51.8 Å². The quantitative estimate of drug-likeness (QED) is 0.0535. The summed E-state index contributed by atoms with van der Waals surface area (Å²) in [4.78, 5) is 0. The van der Waals surface area contributed by atoms with E-state index in [9.17, 15) is 91.9 Å². The van der Waals surface area contributed by atoms with Crippen molar-refractivity contribution in [3.05, 3.63) is 0 Å². The van der Waals surface area contributed by atoms with Crippen molar-refractivity contribution in [2.75, 3.05) is 39.6 Å². The van der Waals surface area contributed by atoms with Crippen LogP contribution in [0, 0.1) is 52.3 Å². The van der Waals surface area contributed by atoms with Gasteiger partial charge in [-0.3, -0.25) is 0 Å². The van der Waals surface area contributed by atoms with Crippen LogP contribution in [-0.4, -0.2) is 303 Å². The van der Waals surface area contributed by atoms with Crippen molar-refractivity contribution in [2.24, 2.45) is 52.3 Å². The van der Waals surface area contributed by atoms with Gasteiger partial charge in [0.15, 0.2) is 37.2 Å². The second-order valence-corrected chi connectivity index (χ2v) is 27.1. The Hall–Kier alpha value is -1.16. The van der Waals surface area contributed by atoms with E-state index < -0.39 is 198 Å². The topological polar surface area (TPSA) is 466 Å². The molecule has 10 aliphatic rings. The Morgan fingerprint density at radius 2 is 0.942 bits per heavy atom. The van der Waals surface area contributed by atoms with E-state index in [1.165, 1.54) is 0 Å². The van der Waals surface area contributed by atoms with E-state index in [1.807, 2.05) is 6.92 Å². The monoisotopic (exact) mass is 1240 g/mol. The zero-order valence-electron chi connectivity index (χ0n) is 49.0. The highest BCUT2D eigenvalue weighted by Crippen LogP contribution is 2.71. The number of fused-ring (bicyclic) bond motifs is 7. The van der Waals surface area contributed by atoms with Gasteiger partial charge < -0.3 is 144 Å². The average molecular weight is 1250 g/mol. The molecule has 29 nitrogen and oxygen atoms in total. The molecule has 37 atom stereocenters. The minimum Gasteiger partial charge on any atom is -0.394 e. The van der Waals surface area contributed by atoms with Gasteiger partial charge in [-0.05, 0) is 104 Å². The molecule has 0 radical (unpaired) electrons. The summed E-state index contributed by atoms with van der Waals surface area (Å²) < 4.78 is 66.0. The molecule has 18 N–H and O–H groups in total. The minimum absolute atomic E-state index is 0.0421. The summed E-state index contributed by atoms with van der Waals surface area (Å²) in [7, 11) is 0. The lowest BCUT2D eigenvalue weighted by Gasteiger charge is -2.61. The maximum absolute atomic E-state index is 12.2. The summed E-state index contributed by atoms with van der Waals surface area (Å²) in [5.74, 6) is 0.0161. The number of hydrogen-bond donors (Lipinski definition) is 18. The van der Waals surface area contributed by atoms with Crippen LogP contribution < -0.4 is 0 Å². The average Bonchev–Trinajstić information content (AvgIpc) is 1.54. The van der Waals surface area contributed by atoms with Crippen LogP contribution in [0.1, 0.15) is 91.9 Å². The summed E-state index contributed by atoms with van der Waals surface area (Å²) in [6.45, 7) is 4.85. The van der Waals surface area contributed by atoms with Crippen molar-refractivity contribution in [3.8, 4) is 0 Å². The molecule has 29 heteroatoms. The molecule has 0 unspecified atom stereocenters. The Morgan fingerprint density at radius 1 is 0.465 bits per heavy atom. The Morgan fingerprint density at radius 3 is 1.52 bits per heavy atom. The molecule has 6 aliphatic heterocycles. The van der Waals surface area contributed by atoms with Gasteiger partial charge in [-0.25, -0.2) is 0 Å². The third-order valence-corrected chi connectivity index (χ3v) is 22.2. The highest BCUT2D eigenvalue weighted by atomic mass is 16.8. The van der Waals surface area contributed by atoms with E-state index in [-0.39, 0.29) is 47.2 Å². The molecule has 0 aromatic carbocycles. The first kappa shape index (κ1) is 67.7. The largest absolute Gasteiger partial charge is 0.394 e. The molecule has 0 bridgehead atoms. The third kappa shape index (κ3) is 12.4. The second-order valence-electron chi connectivity index (χ2n) is 27.1. The maximum Gasteiger partial charge on any atom is 0.187 e. The van der Waals surface area contributed by atoms with Gasteiger partial charge in [-0.2, -0.15) is 0 Å². The van der Waals surface area contributed by atoms with Crippen molar-refractivity contribution >= 4 is 0 Å². The van der Waals surface area contributed by atoms with E-state index in [4.69, 9.17) is 52.1 Å². The third-order valence-electron chi connectivity index (χ3n) is 22.2. The molecule has 0 aromatic rings. The first-order valence-corrected chi connectivity index (χ1v) is 30.9. The zero-order valence-corrected chi connectivity index (χ0v) is 49.0. The highest BCUT2D eigenvalue weighted by molar-refractivity contribution is 5.15. The maximum atomic E-state index is 12.2. The molecule has 10 fully saturated rings. The van der Waals surface area contributed by atoms with Crippen LogP contribution in [0.5, 0.6) is 0 Å². The van der Waals surface area contributed by atoms with Crippen LogP contribution in [0.15, 0.2) is 0 Å². The van der Waals surface area contributed by atoms with Gasteiger partial charge in [-0.1, -0.05) is 27.7 Å². The highest BCUT2D eigenvalue weighted by Gasteiger charge is 2.69. The molecule has 4 saturated carbocycles. The van der Waals surface area contributed by atoms with E-state index in [2.05, 4.69) is 20.8 Å². The predicted molar refractivity (Wildman–Crippen MR) is 284 cm³/mol. The fourth-order valence-electron chi connectivity index (χ4n) is 17.1. The molecule has 4 aliphatic carbocycles. The van der Waals surface area contributed by atoms with Crippen molar-refractivity contribution in [1.29, 1.82) is 0 Å². The first-order valence-electron chi connectivity index (χ1n) is 30.9. The first-order chi connectivity index (χ1) is 40.8. The van der Waals surface area contributed by atoms with Crippen LogP contribution in [-0.2, 0) is 52.1 Å². The molecule has 0 spiro atoms. The van der Waals surface area contributed by atoms with Gasteiger partial charge in [0.1, 0.15) is 122 Å². The van der Waals surface area contributed by atoms with Crippen molar-refractivity contribution in [1.82, 2.24) is 0 Å². The van der Waals surface area contributed by atoms with E-state index in [1.54, 1.807) is 0 Å². The Balaban J connectivity index is 0.766. The molecule has 498 valence electrons. The SMILES string of the molecule is C[C@@H](CC[C@@]1(O)O[C@H]2C[C@H]3[C@@H]4CC[C@@H]5C[C@@H](O[C@@H]6O[C@H](CO)[C@H](O[C@@H]7O[C@H](CO)[C@@H](O)[C@H](O[C@@H]8O[C@H](CO)[C@@H](O)[C@H](O)[C@H]8O)[C@H]7O[C@@H]7O[C@H](CO)[C@@H](O)[C@H](O)[C@H]7O)[C@H](O)[C@H]6O)CC[C@]5(C)[C@H]4CC[C@]3(C)[C@H]2[C@@H]1C)CO[C@@H]1O[C@H](CO)[C@@H](O)[C@H](O)[C@H]1O. The van der Waals surface area contributed by atoms with Crippen molar-refractivity contribution in [2.45, 2.75) is 263 Å². The number of rotatable bonds is 19. The summed E-state index contributed by atoms with van der Waals surface area (Å²) in [6, 6.07) is 0. The van der Waals surface area contributed by atoms with E-state index in [0.29, 0.717) is 43.4 Å². The zero-order chi connectivity index (χ0) is 62.2. The summed E-state index contributed by atoms with van der Waals surface area (Å²) in [5, 5.41) is 193. The summed E-state index contributed by atoms with van der Waals surface area (Å²) >= 11 is 0. The Kier molecular flexibility index (Phi) is 21.3. The molecule has 6 heterocycles. The molecule has 86 heavy (non-hydrogen) atoms. The van der Waals surface area contributed by atoms with E-state index in [0.717, 1.165) is 38.5 Å². The Labute approximate surface area is 498 Å². The van der Waals surface area contributed by atoms with Crippen LogP contribution >= 0.6 is 0 Å². The molecule has 10 rings (SSSR count). The van der Waals surface area contributed by atoms with Crippen LogP contribution in [0.3, 0.4) is 0 Å². The minimum atomic E-state index is -2.06. The number of ether oxygens (including phenoxy) is 11. The fourth-order valence-corrected chi connectivity index (χ4v) is 17.1. The van der Waals surface area contributed by atoms with Crippen molar-refractivity contribution < 1.29 is 144 Å². The lowest BCUT2D eigenvalue weighted by molar-refractivity contribution is -0.406. The van der Waals surface area contributed by atoms with Crippen LogP contribution in [0.2, 0.25) is 0 Å². The molecule has 0 aromatic heterocycles. The number of aliphatic hydroxyl groups is 18. The lowest BCUT2D eigenvalue weighted by Crippen LogP contribution is -2.68. The second kappa shape index (κ2) is 27.1. The van der Waals surface area contributed by atoms with E-state index >= 15 is 0 Å². The smallest absolute Gasteiger partial charge is 0.187 e. The van der Waals surface area contributed by atoms with Gasteiger partial charge in [0.2, 0.25) is 0 Å². The molecular formula is C57H96O29. The normalized spacial score (nSPS) is 55.3. The van der Waals surface area contributed by atoms with Crippen LogP contribution in [0.4, 0.5) is 0 Å². The predicted octanol–water partition coefficient (Wildman–Crippen LogP) is -6.13. The molecule has 0 amide bonds. The Bertz CT molecular complexity index is 2190. The summed E-state index contributed by atoms with van der Waals surface area (Å²) in [5.41, 5.74) is -0.108.